The predicted octanol–water partition coefficient (Wildman–Crippen LogP) is 1.15. The molecule has 2 aliphatic rings. The molecular weight excluding hydrogens is 398 g/mol. The van der Waals surface area contributed by atoms with Gasteiger partial charge in [0.2, 0.25) is 12.3 Å². The normalized spacial score (nSPS) is 13.4. The standard InChI is InChI=1S/C4H9NO.C4H8O2.C4H8O.C3H7NO.C2H3N.C2H6OS/c1-4(6)5(2)3;1-2-6-4-3-5-1;1-2-4-5-3-1;1-4(2)3-5;1-2-3;1-4(2)3/h1-3H3;1-4H2;1-4H2;3H,1-2H3;1H3;1-2H3. The SMILES string of the molecule is C1CCOC1.C1COCCO1.CC#N.CC(=O)N(C)C.CN(C)C=O.C[S+](C)[O-]. The summed E-state index contributed by atoms with van der Waals surface area (Å²) in [6.07, 6.45) is 6.58. The fourth-order valence-electron chi connectivity index (χ4n) is 0.950. The molecule has 2 saturated heterocycles. The zero-order valence-corrected chi connectivity index (χ0v) is 20.3. The lowest BCUT2D eigenvalue weighted by atomic mass is 10.4. The largest absolute Gasteiger partial charge is 0.617 e. The molecule has 0 atom stereocenters. The van der Waals surface area contributed by atoms with Gasteiger partial charge >= 0.3 is 0 Å². The van der Waals surface area contributed by atoms with Crippen LogP contribution in [0.25, 0.3) is 0 Å². The summed E-state index contributed by atoms with van der Waals surface area (Å²) < 4.78 is 24.4. The Bertz CT molecular complexity index is 348. The Labute approximate surface area is 180 Å². The van der Waals surface area contributed by atoms with E-state index in [0.717, 1.165) is 46.1 Å². The van der Waals surface area contributed by atoms with Gasteiger partial charge in [-0.05, 0) is 12.8 Å². The minimum absolute atomic E-state index is 0.0926. The molecule has 174 valence electrons. The van der Waals surface area contributed by atoms with E-state index in [0.29, 0.717) is 0 Å². The Morgan fingerprint density at radius 2 is 1.17 bits per heavy atom. The number of nitriles is 1. The third-order valence-electron chi connectivity index (χ3n) is 2.41. The van der Waals surface area contributed by atoms with E-state index in [1.54, 1.807) is 46.8 Å². The van der Waals surface area contributed by atoms with Crippen LogP contribution in [0.5, 0.6) is 0 Å². The molecular formula is C19H41N3O6S. The van der Waals surface area contributed by atoms with Gasteiger partial charge in [-0.25, -0.2) is 0 Å². The molecule has 0 aromatic carbocycles. The summed E-state index contributed by atoms with van der Waals surface area (Å²) in [5.41, 5.74) is 0. The van der Waals surface area contributed by atoms with E-state index in [4.69, 9.17) is 19.5 Å². The Balaban J connectivity index is -0.000000131. The van der Waals surface area contributed by atoms with Crippen molar-refractivity contribution >= 4 is 23.5 Å². The third kappa shape index (κ3) is 66.1. The van der Waals surface area contributed by atoms with E-state index in [-0.39, 0.29) is 5.91 Å². The molecule has 0 aromatic heterocycles. The minimum Gasteiger partial charge on any atom is -0.617 e. The van der Waals surface area contributed by atoms with Gasteiger partial charge in [-0.1, -0.05) is 11.2 Å². The maximum atomic E-state index is 10.1. The van der Waals surface area contributed by atoms with Crippen molar-refractivity contribution in [3.05, 3.63) is 0 Å². The van der Waals surface area contributed by atoms with Gasteiger partial charge in [-0.15, -0.1) is 0 Å². The van der Waals surface area contributed by atoms with E-state index in [1.165, 1.54) is 36.5 Å². The summed E-state index contributed by atoms with van der Waals surface area (Å²) in [6.45, 7) is 8.07. The number of rotatable bonds is 1. The van der Waals surface area contributed by atoms with E-state index < -0.39 is 11.2 Å². The van der Waals surface area contributed by atoms with E-state index in [9.17, 15) is 14.1 Å². The zero-order chi connectivity index (χ0) is 23.5. The first kappa shape index (κ1) is 35.1. The zero-order valence-electron chi connectivity index (χ0n) is 19.4. The summed E-state index contributed by atoms with van der Waals surface area (Å²) in [5.74, 6) is 0.0926. The van der Waals surface area contributed by atoms with Crippen LogP contribution in [-0.2, 0) is 35.0 Å². The van der Waals surface area contributed by atoms with Crippen molar-refractivity contribution in [2.24, 2.45) is 0 Å². The number of carbonyl (C=O) groups is 2. The lowest BCUT2D eigenvalue weighted by molar-refractivity contribution is -0.126. The highest BCUT2D eigenvalue weighted by atomic mass is 32.2. The number of amides is 2. The fourth-order valence-corrected chi connectivity index (χ4v) is 0.950. The molecule has 0 bridgehead atoms. The van der Waals surface area contributed by atoms with Gasteiger partial charge in [-0.3, -0.25) is 9.59 Å². The molecule has 0 spiro atoms. The fraction of sp³-hybridized carbons (Fsp3) is 0.842. The first-order chi connectivity index (χ1) is 13.6. The first-order valence-corrected chi connectivity index (χ1v) is 11.1. The van der Waals surface area contributed by atoms with Crippen LogP contribution in [0.4, 0.5) is 0 Å². The second kappa shape index (κ2) is 31.3. The monoisotopic (exact) mass is 439 g/mol. The average Bonchev–Trinajstić information content (AvgIpc) is 3.24. The summed E-state index contributed by atoms with van der Waals surface area (Å²) >= 11 is -0.611. The molecule has 2 rings (SSSR count). The van der Waals surface area contributed by atoms with E-state index in [1.807, 2.05) is 0 Å². The van der Waals surface area contributed by atoms with Crippen molar-refractivity contribution in [1.82, 2.24) is 9.80 Å². The highest BCUT2D eigenvalue weighted by Crippen LogP contribution is 1.98. The van der Waals surface area contributed by atoms with Crippen LogP contribution in [0.15, 0.2) is 0 Å². The van der Waals surface area contributed by atoms with E-state index in [2.05, 4.69) is 0 Å². The molecule has 0 radical (unpaired) electrons. The Morgan fingerprint density at radius 3 is 1.24 bits per heavy atom. The molecule has 0 saturated carbocycles. The Morgan fingerprint density at radius 1 is 0.966 bits per heavy atom. The molecule has 0 N–H and O–H groups in total. The van der Waals surface area contributed by atoms with Crippen molar-refractivity contribution in [2.75, 3.05) is 80.3 Å². The van der Waals surface area contributed by atoms with Crippen LogP contribution in [0.3, 0.4) is 0 Å². The second-order valence-electron chi connectivity index (χ2n) is 5.99. The Kier molecular flexibility index (Phi) is 37.9. The number of ether oxygens (including phenoxy) is 3. The van der Waals surface area contributed by atoms with Crippen molar-refractivity contribution in [1.29, 1.82) is 5.26 Å². The Hall–Kier alpha value is -1.38. The van der Waals surface area contributed by atoms with Gasteiger partial charge < -0.3 is 28.6 Å². The topological polar surface area (TPSA) is 115 Å². The minimum atomic E-state index is -0.611. The number of hydrogen-bond acceptors (Lipinski definition) is 7. The molecule has 29 heavy (non-hydrogen) atoms. The molecule has 0 unspecified atom stereocenters. The summed E-state index contributed by atoms with van der Waals surface area (Å²) in [4.78, 5) is 22.5. The molecule has 0 aliphatic carbocycles. The molecule has 2 aliphatic heterocycles. The van der Waals surface area contributed by atoms with Crippen LogP contribution in [0, 0.1) is 11.3 Å². The molecule has 2 amide bonds. The molecule has 10 heteroatoms. The van der Waals surface area contributed by atoms with Crippen molar-refractivity contribution in [2.45, 2.75) is 26.7 Å². The quantitative estimate of drug-likeness (QED) is 0.444. The molecule has 2 fully saturated rings. The van der Waals surface area contributed by atoms with Gasteiger partial charge in [0.25, 0.3) is 0 Å². The maximum absolute atomic E-state index is 10.1. The number of nitrogens with zero attached hydrogens (tertiary/aromatic N) is 3. The van der Waals surface area contributed by atoms with Gasteiger partial charge in [0.1, 0.15) is 0 Å². The van der Waals surface area contributed by atoms with Gasteiger partial charge in [0.05, 0.1) is 45.0 Å². The lowest BCUT2D eigenvalue weighted by Crippen LogP contribution is -2.17. The smallest absolute Gasteiger partial charge is 0.218 e. The number of carbonyl (C=O) groups excluding carboxylic acids is 2. The van der Waals surface area contributed by atoms with Gasteiger partial charge in [-0.2, -0.15) is 5.26 Å². The average molecular weight is 440 g/mol. The molecule has 9 nitrogen and oxygen atoms in total. The van der Waals surface area contributed by atoms with Crippen molar-refractivity contribution in [3.63, 3.8) is 0 Å². The van der Waals surface area contributed by atoms with Crippen LogP contribution < -0.4 is 0 Å². The summed E-state index contributed by atoms with van der Waals surface area (Å²) in [6, 6.07) is 1.75. The highest BCUT2D eigenvalue weighted by Gasteiger charge is 1.95. The highest BCUT2D eigenvalue weighted by molar-refractivity contribution is 7.89. The molecule has 0 aromatic rings. The lowest BCUT2D eigenvalue weighted by Gasteiger charge is -2.09. The summed E-state index contributed by atoms with van der Waals surface area (Å²) in [5, 5.41) is 7.32. The van der Waals surface area contributed by atoms with E-state index >= 15 is 0 Å². The third-order valence-corrected chi connectivity index (χ3v) is 2.41. The van der Waals surface area contributed by atoms with Gasteiger partial charge in [0.15, 0.2) is 0 Å². The number of hydrogen-bond donors (Lipinski definition) is 0. The van der Waals surface area contributed by atoms with Crippen LogP contribution >= 0.6 is 0 Å². The second-order valence-corrected chi connectivity index (χ2v) is 7.48. The summed E-state index contributed by atoms with van der Waals surface area (Å²) in [7, 11) is 6.82. The van der Waals surface area contributed by atoms with Crippen molar-refractivity contribution < 1.29 is 28.4 Å². The first-order valence-electron chi connectivity index (χ1n) is 9.15. The van der Waals surface area contributed by atoms with Crippen LogP contribution in [0.1, 0.15) is 26.7 Å². The van der Waals surface area contributed by atoms with Crippen LogP contribution in [-0.4, -0.2) is 107 Å². The van der Waals surface area contributed by atoms with Crippen LogP contribution in [0.2, 0.25) is 0 Å². The van der Waals surface area contributed by atoms with Crippen molar-refractivity contribution in [3.8, 4) is 6.07 Å². The molecule has 2 heterocycles. The maximum Gasteiger partial charge on any atom is 0.218 e. The predicted molar refractivity (Wildman–Crippen MR) is 117 cm³/mol. The van der Waals surface area contributed by atoms with Gasteiger partial charge in [0, 0.05) is 55.3 Å².